The van der Waals surface area contributed by atoms with Crippen molar-refractivity contribution in [1.82, 2.24) is 19.8 Å². The maximum absolute atomic E-state index is 12.7. The highest BCUT2D eigenvalue weighted by Crippen LogP contribution is 2.18. The molecule has 3 rings (SSSR count). The Labute approximate surface area is 158 Å². The molecular formula is C20H24N4O3. The van der Waals surface area contributed by atoms with E-state index in [0.717, 1.165) is 29.3 Å². The third-order valence-electron chi connectivity index (χ3n) is 4.52. The van der Waals surface area contributed by atoms with Gasteiger partial charge >= 0.3 is 0 Å². The van der Waals surface area contributed by atoms with Gasteiger partial charge in [-0.05, 0) is 51.1 Å². The normalized spacial score (nSPS) is 10.8. The highest BCUT2D eigenvalue weighted by Gasteiger charge is 2.14. The van der Waals surface area contributed by atoms with Crippen LogP contribution in [0.2, 0.25) is 0 Å². The first-order chi connectivity index (χ1) is 13.0. The summed E-state index contributed by atoms with van der Waals surface area (Å²) in [6, 6.07) is 9.08. The van der Waals surface area contributed by atoms with E-state index < -0.39 is 0 Å². The largest absolute Gasteiger partial charge is 0.489 e. The number of rotatable bonds is 7. The van der Waals surface area contributed by atoms with Crippen molar-refractivity contribution in [2.24, 2.45) is 0 Å². The Kier molecular flexibility index (Phi) is 5.59. The maximum atomic E-state index is 12.7. The van der Waals surface area contributed by atoms with Gasteiger partial charge in [-0.15, -0.1) is 0 Å². The summed E-state index contributed by atoms with van der Waals surface area (Å²) in [4.78, 5) is 14.3. The molecule has 2 aromatic heterocycles. The average molecular weight is 368 g/mol. The molecule has 0 N–H and O–H groups in total. The summed E-state index contributed by atoms with van der Waals surface area (Å²) in [7, 11) is 1.79. The van der Waals surface area contributed by atoms with E-state index in [9.17, 15) is 4.79 Å². The zero-order chi connectivity index (χ0) is 19.4. The van der Waals surface area contributed by atoms with Gasteiger partial charge in [0, 0.05) is 25.4 Å². The van der Waals surface area contributed by atoms with Crippen LogP contribution < -0.4 is 4.74 Å². The van der Waals surface area contributed by atoms with E-state index >= 15 is 0 Å². The first-order valence-corrected chi connectivity index (χ1v) is 8.90. The minimum Gasteiger partial charge on any atom is -0.489 e. The number of nitrogens with zero attached hydrogens (tertiary/aromatic N) is 4. The van der Waals surface area contributed by atoms with Crippen LogP contribution in [0.5, 0.6) is 5.75 Å². The van der Waals surface area contributed by atoms with Crippen LogP contribution in [0.1, 0.15) is 40.0 Å². The van der Waals surface area contributed by atoms with Crippen LogP contribution in [0.15, 0.2) is 41.1 Å². The molecule has 27 heavy (non-hydrogen) atoms. The van der Waals surface area contributed by atoms with Gasteiger partial charge in [0.25, 0.3) is 5.91 Å². The molecule has 0 aliphatic heterocycles. The lowest BCUT2D eigenvalue weighted by molar-refractivity contribution is 0.0781. The van der Waals surface area contributed by atoms with Gasteiger partial charge in [-0.3, -0.25) is 9.48 Å². The molecule has 0 bridgehead atoms. The number of benzene rings is 1. The number of carbonyl (C=O) groups is 1. The second-order valence-corrected chi connectivity index (χ2v) is 6.42. The topological polar surface area (TPSA) is 73.4 Å². The van der Waals surface area contributed by atoms with Crippen molar-refractivity contribution < 1.29 is 14.1 Å². The van der Waals surface area contributed by atoms with E-state index in [2.05, 4.69) is 10.3 Å². The molecule has 142 valence electrons. The molecule has 3 aromatic rings. The summed E-state index contributed by atoms with van der Waals surface area (Å²) < 4.78 is 12.8. The van der Waals surface area contributed by atoms with Gasteiger partial charge in [0.2, 0.25) is 0 Å². The third kappa shape index (κ3) is 4.19. The molecule has 0 aliphatic carbocycles. The van der Waals surface area contributed by atoms with Crippen molar-refractivity contribution in [3.63, 3.8) is 0 Å². The van der Waals surface area contributed by atoms with Crippen molar-refractivity contribution in [2.45, 2.75) is 40.5 Å². The maximum Gasteiger partial charge on any atom is 0.253 e. The molecule has 7 heteroatoms. The van der Waals surface area contributed by atoms with Crippen LogP contribution in [-0.2, 0) is 19.7 Å². The summed E-state index contributed by atoms with van der Waals surface area (Å²) in [6.07, 6.45) is 1.75. The SMILES string of the molecule is CCn1nccc1CN(C)C(=O)c1ccc(OCc2c(C)noc2C)cc1. The lowest BCUT2D eigenvalue weighted by Crippen LogP contribution is -2.27. The van der Waals surface area contributed by atoms with Crippen molar-refractivity contribution >= 4 is 5.91 Å². The van der Waals surface area contributed by atoms with Crippen molar-refractivity contribution in [3.05, 3.63) is 64.8 Å². The van der Waals surface area contributed by atoms with E-state index in [1.54, 1.807) is 42.4 Å². The minimum atomic E-state index is -0.0453. The summed E-state index contributed by atoms with van der Waals surface area (Å²) in [5.41, 5.74) is 3.40. The number of hydrogen-bond acceptors (Lipinski definition) is 5. The van der Waals surface area contributed by atoms with E-state index in [1.807, 2.05) is 31.5 Å². The Morgan fingerprint density at radius 1 is 1.22 bits per heavy atom. The van der Waals surface area contributed by atoms with Gasteiger partial charge in [0.15, 0.2) is 0 Å². The number of amides is 1. The number of aromatic nitrogens is 3. The first-order valence-electron chi connectivity index (χ1n) is 8.90. The van der Waals surface area contributed by atoms with Crippen LogP contribution in [-0.4, -0.2) is 32.8 Å². The fraction of sp³-hybridized carbons (Fsp3) is 0.350. The molecule has 2 heterocycles. The fourth-order valence-electron chi connectivity index (χ4n) is 2.87. The highest BCUT2D eigenvalue weighted by atomic mass is 16.5. The molecule has 0 aliphatic rings. The predicted molar refractivity (Wildman–Crippen MR) is 100 cm³/mol. The average Bonchev–Trinajstić information content (AvgIpc) is 3.26. The molecule has 1 aromatic carbocycles. The Morgan fingerprint density at radius 3 is 2.59 bits per heavy atom. The zero-order valence-electron chi connectivity index (χ0n) is 16.1. The molecule has 1 amide bonds. The molecule has 0 atom stereocenters. The van der Waals surface area contributed by atoms with Crippen molar-refractivity contribution in [3.8, 4) is 5.75 Å². The molecular weight excluding hydrogens is 344 g/mol. The standard InChI is InChI=1S/C20H24N4O3/c1-5-24-17(10-11-21-24)12-23(4)20(25)16-6-8-18(9-7-16)26-13-19-14(2)22-27-15(19)3/h6-11H,5,12-13H2,1-4H3. The van der Waals surface area contributed by atoms with Crippen LogP contribution in [0.25, 0.3) is 0 Å². The monoisotopic (exact) mass is 368 g/mol. The number of hydrogen-bond donors (Lipinski definition) is 0. The Hall–Kier alpha value is -3.09. The molecule has 0 radical (unpaired) electrons. The van der Waals surface area contributed by atoms with Gasteiger partial charge in [0.05, 0.1) is 23.5 Å². The minimum absolute atomic E-state index is 0.0453. The lowest BCUT2D eigenvalue weighted by Gasteiger charge is -2.18. The Balaban J connectivity index is 1.61. The Bertz CT molecular complexity index is 892. The fourth-order valence-corrected chi connectivity index (χ4v) is 2.87. The third-order valence-corrected chi connectivity index (χ3v) is 4.52. The smallest absolute Gasteiger partial charge is 0.253 e. The van der Waals surface area contributed by atoms with Gasteiger partial charge in [-0.1, -0.05) is 5.16 Å². The van der Waals surface area contributed by atoms with Gasteiger partial charge in [0.1, 0.15) is 18.1 Å². The second kappa shape index (κ2) is 8.07. The number of aryl methyl sites for hydroxylation is 3. The molecule has 0 fully saturated rings. The van der Waals surface area contributed by atoms with Crippen LogP contribution in [0.4, 0.5) is 0 Å². The van der Waals surface area contributed by atoms with Crippen LogP contribution in [0, 0.1) is 13.8 Å². The van der Waals surface area contributed by atoms with E-state index in [-0.39, 0.29) is 5.91 Å². The van der Waals surface area contributed by atoms with Crippen molar-refractivity contribution in [2.75, 3.05) is 7.05 Å². The summed E-state index contributed by atoms with van der Waals surface area (Å²) >= 11 is 0. The zero-order valence-corrected chi connectivity index (χ0v) is 16.1. The van der Waals surface area contributed by atoms with Gasteiger partial charge in [-0.2, -0.15) is 5.10 Å². The van der Waals surface area contributed by atoms with Crippen LogP contribution >= 0.6 is 0 Å². The van der Waals surface area contributed by atoms with E-state index in [1.165, 1.54) is 0 Å². The van der Waals surface area contributed by atoms with Gasteiger partial charge in [-0.25, -0.2) is 0 Å². The summed E-state index contributed by atoms with van der Waals surface area (Å²) in [5, 5.41) is 8.15. The second-order valence-electron chi connectivity index (χ2n) is 6.42. The summed E-state index contributed by atoms with van der Waals surface area (Å²) in [5.74, 6) is 1.40. The van der Waals surface area contributed by atoms with Crippen molar-refractivity contribution in [1.29, 1.82) is 0 Å². The van der Waals surface area contributed by atoms with Gasteiger partial charge < -0.3 is 14.2 Å². The first kappa shape index (κ1) is 18.7. The van der Waals surface area contributed by atoms with E-state index in [0.29, 0.717) is 24.5 Å². The van der Waals surface area contributed by atoms with E-state index in [4.69, 9.17) is 9.26 Å². The molecule has 0 saturated heterocycles. The predicted octanol–water partition coefficient (Wildman–Crippen LogP) is 3.36. The molecule has 0 spiro atoms. The molecule has 7 nitrogen and oxygen atoms in total. The Morgan fingerprint density at radius 2 is 1.96 bits per heavy atom. The number of ether oxygens (including phenoxy) is 1. The summed E-state index contributed by atoms with van der Waals surface area (Å²) in [6.45, 7) is 7.45. The quantitative estimate of drug-likeness (QED) is 0.639. The highest BCUT2D eigenvalue weighted by molar-refractivity contribution is 5.94. The molecule has 0 saturated carbocycles. The lowest BCUT2D eigenvalue weighted by atomic mass is 10.2. The van der Waals surface area contributed by atoms with Crippen LogP contribution in [0.3, 0.4) is 0 Å². The molecule has 0 unspecified atom stereocenters. The number of carbonyl (C=O) groups excluding carboxylic acids is 1.